The first-order valence-corrected chi connectivity index (χ1v) is 6.88. The van der Waals surface area contributed by atoms with Crippen molar-refractivity contribution in [3.8, 4) is 11.1 Å². The summed E-state index contributed by atoms with van der Waals surface area (Å²) in [5.74, 6) is 0.406. The molecule has 0 bridgehead atoms. The molecule has 100 valence electrons. The van der Waals surface area contributed by atoms with Crippen LogP contribution in [0.15, 0.2) is 18.5 Å². The van der Waals surface area contributed by atoms with Gasteiger partial charge in [-0.1, -0.05) is 25.4 Å². The van der Waals surface area contributed by atoms with Crippen LogP contribution < -0.4 is 0 Å². The maximum Gasteiger partial charge on any atom is 0.132 e. The largest absolute Gasteiger partial charge is 0.261 e. The summed E-state index contributed by atoms with van der Waals surface area (Å²) in [5.41, 5.74) is 6.97. The van der Waals surface area contributed by atoms with Crippen LogP contribution in [-0.4, -0.2) is 9.97 Å². The standard InChI is InChI=1S/C16H19ClN2/c1-9(2)15-11(4)16(17)19-8-14(15)13-6-7-18-12(5)10(13)3/h6-9H,1-5H3. The van der Waals surface area contributed by atoms with Crippen LogP contribution in [0, 0.1) is 20.8 Å². The number of aryl methyl sites for hydroxylation is 1. The highest BCUT2D eigenvalue weighted by Crippen LogP contribution is 2.35. The molecule has 2 heterocycles. The number of rotatable bonds is 2. The predicted molar refractivity (Wildman–Crippen MR) is 80.8 cm³/mol. The molecular weight excluding hydrogens is 256 g/mol. The second-order valence-corrected chi connectivity index (χ2v) is 5.58. The Labute approximate surface area is 119 Å². The number of hydrogen-bond donors (Lipinski definition) is 0. The van der Waals surface area contributed by atoms with Gasteiger partial charge in [-0.25, -0.2) is 4.98 Å². The lowest BCUT2D eigenvalue weighted by molar-refractivity contribution is 0.854. The molecule has 0 N–H and O–H groups in total. The fourth-order valence-electron chi connectivity index (χ4n) is 2.49. The van der Waals surface area contributed by atoms with Crippen LogP contribution in [0.5, 0.6) is 0 Å². The molecule has 0 aliphatic carbocycles. The number of aromatic nitrogens is 2. The zero-order valence-corrected chi connectivity index (χ0v) is 12.8. The van der Waals surface area contributed by atoms with Crippen LogP contribution in [-0.2, 0) is 0 Å². The highest BCUT2D eigenvalue weighted by Gasteiger charge is 2.16. The predicted octanol–water partition coefficient (Wildman–Crippen LogP) is 4.85. The summed E-state index contributed by atoms with van der Waals surface area (Å²) in [7, 11) is 0. The van der Waals surface area contributed by atoms with Crippen LogP contribution in [0.3, 0.4) is 0 Å². The average Bonchev–Trinajstić information content (AvgIpc) is 2.35. The van der Waals surface area contributed by atoms with Gasteiger partial charge in [-0.05, 0) is 55.0 Å². The number of halogens is 1. The summed E-state index contributed by atoms with van der Waals surface area (Å²) in [5, 5.41) is 0.593. The fourth-order valence-corrected chi connectivity index (χ4v) is 2.64. The third kappa shape index (κ3) is 2.50. The zero-order chi connectivity index (χ0) is 14.2. The maximum atomic E-state index is 6.16. The Bertz CT molecular complexity index is 618. The smallest absolute Gasteiger partial charge is 0.132 e. The van der Waals surface area contributed by atoms with Gasteiger partial charge in [-0.3, -0.25) is 4.98 Å². The molecule has 3 heteroatoms. The first-order chi connectivity index (χ1) is 8.93. The summed E-state index contributed by atoms with van der Waals surface area (Å²) in [6, 6.07) is 2.05. The topological polar surface area (TPSA) is 25.8 Å². The van der Waals surface area contributed by atoms with Gasteiger partial charge in [0.1, 0.15) is 5.15 Å². The van der Waals surface area contributed by atoms with Crippen molar-refractivity contribution in [1.82, 2.24) is 9.97 Å². The summed E-state index contributed by atoms with van der Waals surface area (Å²) in [4.78, 5) is 8.65. The van der Waals surface area contributed by atoms with E-state index in [4.69, 9.17) is 11.6 Å². The quantitative estimate of drug-likeness (QED) is 0.732. The van der Waals surface area contributed by atoms with Crippen LogP contribution in [0.25, 0.3) is 11.1 Å². The Balaban J connectivity index is 2.76. The van der Waals surface area contributed by atoms with Crippen molar-refractivity contribution < 1.29 is 0 Å². The molecule has 0 aliphatic heterocycles. The molecule has 0 aromatic carbocycles. The molecule has 0 amide bonds. The Hall–Kier alpha value is -1.41. The third-order valence-electron chi connectivity index (χ3n) is 3.63. The van der Waals surface area contributed by atoms with E-state index in [-0.39, 0.29) is 0 Å². The molecule has 2 nitrogen and oxygen atoms in total. The highest BCUT2D eigenvalue weighted by atomic mass is 35.5. The van der Waals surface area contributed by atoms with Crippen molar-refractivity contribution in [2.24, 2.45) is 0 Å². The van der Waals surface area contributed by atoms with Crippen molar-refractivity contribution in [3.05, 3.63) is 46.0 Å². The first kappa shape index (κ1) is 14.0. The minimum atomic E-state index is 0.406. The van der Waals surface area contributed by atoms with Gasteiger partial charge in [-0.15, -0.1) is 0 Å². The number of nitrogens with zero attached hydrogens (tertiary/aromatic N) is 2. The Morgan fingerprint density at radius 3 is 2.32 bits per heavy atom. The van der Waals surface area contributed by atoms with E-state index in [2.05, 4.69) is 36.8 Å². The first-order valence-electron chi connectivity index (χ1n) is 6.51. The van der Waals surface area contributed by atoms with Gasteiger partial charge in [0, 0.05) is 23.7 Å². The highest BCUT2D eigenvalue weighted by molar-refractivity contribution is 6.30. The number of hydrogen-bond acceptors (Lipinski definition) is 2. The molecular formula is C16H19ClN2. The van der Waals surface area contributed by atoms with E-state index in [1.165, 1.54) is 22.3 Å². The zero-order valence-electron chi connectivity index (χ0n) is 12.1. The molecule has 0 radical (unpaired) electrons. The summed E-state index contributed by atoms with van der Waals surface area (Å²) in [6.07, 6.45) is 3.73. The van der Waals surface area contributed by atoms with Gasteiger partial charge < -0.3 is 0 Å². The molecule has 0 atom stereocenters. The molecule has 0 fully saturated rings. The molecule has 0 saturated carbocycles. The third-order valence-corrected chi connectivity index (χ3v) is 4.02. The Kier molecular flexibility index (Phi) is 3.91. The SMILES string of the molecule is Cc1nccc(-c2cnc(Cl)c(C)c2C(C)C)c1C. The van der Waals surface area contributed by atoms with Gasteiger partial charge in [0.2, 0.25) is 0 Å². The summed E-state index contributed by atoms with van der Waals surface area (Å²) >= 11 is 6.16. The van der Waals surface area contributed by atoms with Crippen molar-refractivity contribution in [1.29, 1.82) is 0 Å². The Morgan fingerprint density at radius 1 is 1.00 bits per heavy atom. The lowest BCUT2D eigenvalue weighted by Crippen LogP contribution is -2.01. The van der Waals surface area contributed by atoms with Crippen molar-refractivity contribution in [2.75, 3.05) is 0 Å². The van der Waals surface area contributed by atoms with Crippen LogP contribution in [0.1, 0.15) is 42.1 Å². The van der Waals surface area contributed by atoms with Crippen LogP contribution >= 0.6 is 11.6 Å². The molecule has 19 heavy (non-hydrogen) atoms. The second kappa shape index (κ2) is 5.30. The average molecular weight is 275 g/mol. The number of pyridine rings is 2. The van der Waals surface area contributed by atoms with Crippen molar-refractivity contribution >= 4 is 11.6 Å². The van der Waals surface area contributed by atoms with E-state index in [0.29, 0.717) is 11.1 Å². The minimum Gasteiger partial charge on any atom is -0.261 e. The molecule has 0 aliphatic rings. The molecule has 2 aromatic heterocycles. The van der Waals surface area contributed by atoms with E-state index < -0.39 is 0 Å². The molecule has 2 rings (SSSR count). The molecule has 0 spiro atoms. The van der Waals surface area contributed by atoms with Gasteiger partial charge in [0.05, 0.1) is 0 Å². The lowest BCUT2D eigenvalue weighted by atomic mass is 9.89. The Morgan fingerprint density at radius 2 is 1.68 bits per heavy atom. The minimum absolute atomic E-state index is 0.406. The van der Waals surface area contributed by atoms with E-state index in [9.17, 15) is 0 Å². The van der Waals surface area contributed by atoms with E-state index >= 15 is 0 Å². The maximum absolute atomic E-state index is 6.16. The van der Waals surface area contributed by atoms with Crippen LogP contribution in [0.4, 0.5) is 0 Å². The van der Waals surface area contributed by atoms with E-state index in [1.54, 1.807) is 0 Å². The van der Waals surface area contributed by atoms with Crippen LogP contribution in [0.2, 0.25) is 5.15 Å². The van der Waals surface area contributed by atoms with Gasteiger partial charge in [-0.2, -0.15) is 0 Å². The van der Waals surface area contributed by atoms with Gasteiger partial charge in [0.15, 0.2) is 0 Å². The van der Waals surface area contributed by atoms with Crippen molar-refractivity contribution in [3.63, 3.8) is 0 Å². The van der Waals surface area contributed by atoms with Gasteiger partial charge in [0.25, 0.3) is 0 Å². The van der Waals surface area contributed by atoms with Crippen molar-refractivity contribution in [2.45, 2.75) is 40.5 Å². The summed E-state index contributed by atoms with van der Waals surface area (Å²) < 4.78 is 0. The van der Waals surface area contributed by atoms with E-state index in [0.717, 1.165) is 11.3 Å². The monoisotopic (exact) mass is 274 g/mol. The molecule has 0 saturated heterocycles. The molecule has 0 unspecified atom stereocenters. The van der Waals surface area contributed by atoms with Gasteiger partial charge >= 0.3 is 0 Å². The normalized spacial score (nSPS) is 11.1. The summed E-state index contributed by atoms with van der Waals surface area (Å²) in [6.45, 7) is 10.5. The second-order valence-electron chi connectivity index (χ2n) is 5.22. The van der Waals surface area contributed by atoms with E-state index in [1.807, 2.05) is 26.2 Å². The lowest BCUT2D eigenvalue weighted by Gasteiger charge is -2.18. The fraction of sp³-hybridized carbons (Fsp3) is 0.375. The molecule has 2 aromatic rings.